The lowest BCUT2D eigenvalue weighted by atomic mass is 10.1. The van der Waals surface area contributed by atoms with Crippen molar-refractivity contribution in [1.82, 2.24) is 0 Å². The van der Waals surface area contributed by atoms with Crippen LogP contribution in [0.4, 0.5) is 0 Å². The Balaban J connectivity index is 1.40. The van der Waals surface area contributed by atoms with E-state index in [4.69, 9.17) is 9.47 Å². The number of aryl methyl sites for hydroxylation is 1. The van der Waals surface area contributed by atoms with E-state index in [9.17, 15) is 14.7 Å². The normalized spacial score (nSPS) is 11.0. The van der Waals surface area contributed by atoms with Gasteiger partial charge < -0.3 is 14.6 Å². The minimum atomic E-state index is -0.513. The number of hydrogen-bond donors (Lipinski definition) is 1. The number of rotatable bonds is 9. The molecule has 0 bridgehead atoms. The average Bonchev–Trinajstić information content (AvgIpc) is 2.82. The van der Waals surface area contributed by atoms with Crippen molar-refractivity contribution in [2.75, 3.05) is 6.61 Å². The van der Waals surface area contributed by atoms with Crippen LogP contribution in [-0.4, -0.2) is 23.7 Å². The number of carbonyl (C=O) groups is 2. The van der Waals surface area contributed by atoms with Crippen molar-refractivity contribution in [1.29, 1.82) is 0 Å². The largest absolute Gasteiger partial charge is 0.508 e. The maximum atomic E-state index is 11.9. The number of benzene rings is 3. The van der Waals surface area contributed by atoms with Crippen LogP contribution in [-0.2, 0) is 20.7 Å². The van der Waals surface area contributed by atoms with E-state index in [1.165, 1.54) is 29.8 Å². The van der Waals surface area contributed by atoms with E-state index in [0.717, 1.165) is 24.0 Å². The molecule has 0 aliphatic rings. The second-order valence-electron chi connectivity index (χ2n) is 7.00. The lowest BCUT2D eigenvalue weighted by molar-refractivity contribution is -0.137. The van der Waals surface area contributed by atoms with Crippen molar-refractivity contribution in [2.24, 2.45) is 0 Å². The van der Waals surface area contributed by atoms with Gasteiger partial charge >= 0.3 is 11.9 Å². The lowest BCUT2D eigenvalue weighted by Crippen LogP contribution is -2.03. The highest BCUT2D eigenvalue weighted by molar-refractivity contribution is 5.89. The van der Waals surface area contributed by atoms with Crippen molar-refractivity contribution < 1.29 is 24.2 Å². The fraction of sp³-hybridized carbons (Fsp3) is 0.111. The maximum absolute atomic E-state index is 11.9. The molecule has 3 aromatic carbocycles. The lowest BCUT2D eigenvalue weighted by Gasteiger charge is -2.03. The van der Waals surface area contributed by atoms with Gasteiger partial charge in [0.05, 0.1) is 6.61 Å². The second-order valence-corrected chi connectivity index (χ2v) is 7.00. The van der Waals surface area contributed by atoms with E-state index in [1.54, 1.807) is 48.6 Å². The van der Waals surface area contributed by atoms with Gasteiger partial charge in [-0.3, -0.25) is 0 Å². The molecule has 5 nitrogen and oxygen atoms in total. The van der Waals surface area contributed by atoms with E-state index in [2.05, 4.69) is 12.1 Å². The summed E-state index contributed by atoms with van der Waals surface area (Å²) in [5.74, 6) is -0.352. The molecule has 3 rings (SSSR count). The van der Waals surface area contributed by atoms with E-state index >= 15 is 0 Å². The quantitative estimate of drug-likeness (QED) is 0.219. The van der Waals surface area contributed by atoms with Crippen LogP contribution in [0, 0.1) is 0 Å². The first-order valence-corrected chi connectivity index (χ1v) is 10.3. The first-order chi connectivity index (χ1) is 15.6. The summed E-state index contributed by atoms with van der Waals surface area (Å²) in [5, 5.41) is 9.26. The van der Waals surface area contributed by atoms with Gasteiger partial charge in [-0.15, -0.1) is 0 Å². The topological polar surface area (TPSA) is 72.8 Å². The highest BCUT2D eigenvalue weighted by Crippen LogP contribution is 2.15. The molecule has 0 unspecified atom stereocenters. The Kier molecular flexibility index (Phi) is 8.40. The van der Waals surface area contributed by atoms with Crippen LogP contribution in [0.2, 0.25) is 0 Å². The summed E-state index contributed by atoms with van der Waals surface area (Å²) in [4.78, 5) is 23.8. The standard InChI is InChI=1S/C27H24O5/c28-24-14-8-22(9-15-24)13-19-27(30)32-25-16-10-23(11-17-25)12-18-26(29)31-20-4-7-21-5-2-1-3-6-21/h1-3,5-6,8-19,28H,4,7,20H2. The zero-order valence-corrected chi connectivity index (χ0v) is 17.5. The average molecular weight is 428 g/mol. The molecule has 5 heteroatoms. The molecule has 0 saturated carbocycles. The van der Waals surface area contributed by atoms with Crippen molar-refractivity contribution in [3.8, 4) is 11.5 Å². The summed E-state index contributed by atoms with van der Waals surface area (Å²) < 4.78 is 10.5. The summed E-state index contributed by atoms with van der Waals surface area (Å²) in [6.45, 7) is 0.366. The Hall–Kier alpha value is -4.12. The summed E-state index contributed by atoms with van der Waals surface area (Å²) in [5.41, 5.74) is 2.77. The molecule has 0 saturated heterocycles. The van der Waals surface area contributed by atoms with Crippen molar-refractivity contribution in [3.63, 3.8) is 0 Å². The molecule has 0 spiro atoms. The summed E-state index contributed by atoms with van der Waals surface area (Å²) in [7, 11) is 0. The molecular formula is C27H24O5. The minimum absolute atomic E-state index is 0.162. The first kappa shape index (κ1) is 22.6. The summed E-state index contributed by atoms with van der Waals surface area (Å²) >= 11 is 0. The Morgan fingerprint density at radius 1 is 0.750 bits per heavy atom. The maximum Gasteiger partial charge on any atom is 0.336 e. The Labute approximate surface area is 187 Å². The molecule has 0 aliphatic carbocycles. The Morgan fingerprint density at radius 2 is 1.34 bits per heavy atom. The highest BCUT2D eigenvalue weighted by atomic mass is 16.5. The molecule has 0 aromatic heterocycles. The molecular weight excluding hydrogens is 404 g/mol. The van der Waals surface area contributed by atoms with E-state index in [1.807, 2.05) is 18.2 Å². The zero-order valence-electron chi connectivity index (χ0n) is 17.5. The van der Waals surface area contributed by atoms with Gasteiger partial charge in [0.15, 0.2) is 0 Å². The predicted molar refractivity (Wildman–Crippen MR) is 124 cm³/mol. The van der Waals surface area contributed by atoms with Gasteiger partial charge in [0.2, 0.25) is 0 Å². The van der Waals surface area contributed by atoms with Crippen LogP contribution in [0.15, 0.2) is 91.0 Å². The van der Waals surface area contributed by atoms with Gasteiger partial charge in [-0.2, -0.15) is 0 Å². The number of phenolic OH excluding ortho intramolecular Hbond substituents is 1. The number of phenols is 1. The number of aromatic hydroxyl groups is 1. The SMILES string of the molecule is O=C(C=Cc1ccc(OC(=O)C=Cc2ccc(O)cc2)cc1)OCCCc1ccccc1. The van der Waals surface area contributed by atoms with Crippen LogP contribution >= 0.6 is 0 Å². The number of esters is 2. The molecule has 3 aromatic rings. The van der Waals surface area contributed by atoms with Crippen LogP contribution < -0.4 is 4.74 Å². The third-order valence-corrected chi connectivity index (χ3v) is 4.51. The van der Waals surface area contributed by atoms with Crippen molar-refractivity contribution >= 4 is 24.1 Å². The van der Waals surface area contributed by atoms with Gasteiger partial charge in [0, 0.05) is 12.2 Å². The number of hydrogen-bond acceptors (Lipinski definition) is 5. The first-order valence-electron chi connectivity index (χ1n) is 10.3. The molecule has 0 atom stereocenters. The number of ether oxygens (including phenoxy) is 2. The summed E-state index contributed by atoms with van der Waals surface area (Å²) in [6.07, 6.45) is 7.57. The third kappa shape index (κ3) is 7.95. The minimum Gasteiger partial charge on any atom is -0.508 e. The fourth-order valence-electron chi connectivity index (χ4n) is 2.85. The van der Waals surface area contributed by atoms with Crippen molar-refractivity contribution in [3.05, 3.63) is 108 Å². The van der Waals surface area contributed by atoms with Crippen LogP contribution in [0.1, 0.15) is 23.1 Å². The van der Waals surface area contributed by atoms with Crippen LogP contribution in [0.5, 0.6) is 11.5 Å². The highest BCUT2D eigenvalue weighted by Gasteiger charge is 2.02. The smallest absolute Gasteiger partial charge is 0.336 e. The Bertz CT molecular complexity index is 1070. The van der Waals surface area contributed by atoms with Gasteiger partial charge in [0.25, 0.3) is 0 Å². The molecule has 162 valence electrons. The Morgan fingerprint density at radius 3 is 2.00 bits per heavy atom. The van der Waals surface area contributed by atoms with Crippen LogP contribution in [0.25, 0.3) is 12.2 Å². The third-order valence-electron chi connectivity index (χ3n) is 4.51. The predicted octanol–water partition coefficient (Wildman–Crippen LogP) is 5.20. The summed E-state index contributed by atoms with van der Waals surface area (Å²) in [6, 6.07) is 23.3. The van der Waals surface area contributed by atoms with Crippen LogP contribution in [0.3, 0.4) is 0 Å². The van der Waals surface area contributed by atoms with Gasteiger partial charge in [-0.05, 0) is 65.9 Å². The van der Waals surface area contributed by atoms with Crippen molar-refractivity contribution in [2.45, 2.75) is 12.8 Å². The van der Waals surface area contributed by atoms with E-state index < -0.39 is 11.9 Å². The molecule has 1 N–H and O–H groups in total. The number of carbonyl (C=O) groups excluding carboxylic acids is 2. The van der Waals surface area contributed by atoms with Gasteiger partial charge in [-0.1, -0.05) is 54.6 Å². The molecule has 0 aliphatic heterocycles. The molecule has 32 heavy (non-hydrogen) atoms. The molecule has 0 radical (unpaired) electrons. The fourth-order valence-corrected chi connectivity index (χ4v) is 2.85. The molecule has 0 fully saturated rings. The van der Waals surface area contributed by atoms with E-state index in [-0.39, 0.29) is 5.75 Å². The zero-order chi connectivity index (χ0) is 22.6. The monoisotopic (exact) mass is 428 g/mol. The molecule has 0 heterocycles. The van der Waals surface area contributed by atoms with Gasteiger partial charge in [0.1, 0.15) is 11.5 Å². The van der Waals surface area contributed by atoms with Gasteiger partial charge in [-0.25, -0.2) is 9.59 Å². The van der Waals surface area contributed by atoms with E-state index in [0.29, 0.717) is 12.4 Å². The second kappa shape index (κ2) is 11.9. The molecule has 0 amide bonds.